The summed E-state index contributed by atoms with van der Waals surface area (Å²) in [4.78, 5) is 13.6. The van der Waals surface area contributed by atoms with Crippen molar-refractivity contribution in [2.24, 2.45) is 0 Å². The highest BCUT2D eigenvalue weighted by Gasteiger charge is 2.25. The molecule has 0 bridgehead atoms. The molecule has 0 unspecified atom stereocenters. The van der Waals surface area contributed by atoms with Crippen LogP contribution in [0.15, 0.2) is 34.1 Å². The number of aromatic amines is 1. The molecule has 0 radical (unpaired) electrons. The molecule has 0 spiro atoms. The Morgan fingerprint density at radius 1 is 1.43 bits per heavy atom. The smallest absolute Gasteiger partial charge is 0.252 e. The van der Waals surface area contributed by atoms with Gasteiger partial charge in [-0.25, -0.2) is 8.42 Å². The summed E-state index contributed by atoms with van der Waals surface area (Å²) in [6, 6.07) is 3.19. The lowest BCUT2D eigenvalue weighted by molar-refractivity contribution is -0.130. The van der Waals surface area contributed by atoms with E-state index in [0.29, 0.717) is 6.54 Å². The lowest BCUT2D eigenvalue weighted by Gasteiger charge is -2.20. The van der Waals surface area contributed by atoms with Gasteiger partial charge in [0.1, 0.15) is 4.21 Å². The van der Waals surface area contributed by atoms with E-state index in [1.54, 1.807) is 30.9 Å². The molecule has 21 heavy (non-hydrogen) atoms. The minimum absolute atomic E-state index is 0.200. The van der Waals surface area contributed by atoms with Crippen LogP contribution >= 0.6 is 11.3 Å². The normalized spacial score (nSPS) is 11.8. The van der Waals surface area contributed by atoms with Crippen LogP contribution in [0.5, 0.6) is 0 Å². The van der Waals surface area contributed by atoms with Gasteiger partial charge in [-0.15, -0.1) is 11.3 Å². The maximum atomic E-state index is 12.2. The molecule has 2 aromatic heterocycles. The van der Waals surface area contributed by atoms with Gasteiger partial charge in [-0.2, -0.15) is 9.40 Å². The number of hydrogen-bond donors (Lipinski definition) is 1. The Kier molecular flexibility index (Phi) is 4.76. The molecular weight excluding hydrogens is 312 g/mol. The van der Waals surface area contributed by atoms with Gasteiger partial charge in [0.05, 0.1) is 12.7 Å². The van der Waals surface area contributed by atoms with Crippen LogP contribution in [0.3, 0.4) is 0 Å². The van der Waals surface area contributed by atoms with E-state index in [-0.39, 0.29) is 16.7 Å². The summed E-state index contributed by atoms with van der Waals surface area (Å²) in [6.45, 7) is 0.177. The lowest BCUT2D eigenvalue weighted by atomic mass is 10.3. The third-order valence-corrected chi connectivity index (χ3v) is 6.09. The van der Waals surface area contributed by atoms with Crippen LogP contribution in [-0.2, 0) is 21.4 Å². The SMILES string of the molecule is CN(Cc1cn[nH]c1)C(=O)CN(C)S(=O)(=O)c1cccs1. The van der Waals surface area contributed by atoms with E-state index in [1.807, 2.05) is 0 Å². The minimum Gasteiger partial charge on any atom is -0.340 e. The minimum atomic E-state index is -3.60. The number of nitrogens with one attached hydrogen (secondary N) is 1. The molecule has 2 rings (SSSR count). The third kappa shape index (κ3) is 3.69. The van der Waals surface area contributed by atoms with E-state index in [9.17, 15) is 13.2 Å². The Balaban J connectivity index is 1.99. The maximum absolute atomic E-state index is 12.2. The van der Waals surface area contributed by atoms with Crippen molar-refractivity contribution < 1.29 is 13.2 Å². The highest BCUT2D eigenvalue weighted by molar-refractivity contribution is 7.91. The van der Waals surface area contributed by atoms with Crippen LogP contribution in [0.1, 0.15) is 5.56 Å². The number of hydrogen-bond acceptors (Lipinski definition) is 5. The van der Waals surface area contributed by atoms with Gasteiger partial charge >= 0.3 is 0 Å². The van der Waals surface area contributed by atoms with E-state index in [2.05, 4.69) is 10.2 Å². The fraction of sp³-hybridized carbons (Fsp3) is 0.333. The molecule has 2 heterocycles. The second-order valence-electron chi connectivity index (χ2n) is 4.55. The van der Waals surface area contributed by atoms with Crippen LogP contribution in [-0.4, -0.2) is 54.4 Å². The van der Waals surface area contributed by atoms with E-state index in [1.165, 1.54) is 18.0 Å². The van der Waals surface area contributed by atoms with Crippen molar-refractivity contribution in [3.05, 3.63) is 35.5 Å². The lowest BCUT2D eigenvalue weighted by Crippen LogP contribution is -2.38. The number of likely N-dealkylation sites (N-methyl/N-ethyl adjacent to an activating group) is 2. The average molecular weight is 328 g/mol. The molecule has 0 fully saturated rings. The molecule has 0 aromatic carbocycles. The summed E-state index contributed by atoms with van der Waals surface area (Å²) in [7, 11) is -0.573. The molecule has 1 amide bonds. The van der Waals surface area contributed by atoms with Crippen LogP contribution in [0, 0.1) is 0 Å². The monoisotopic (exact) mass is 328 g/mol. The Bertz CT molecular complexity index is 680. The quantitative estimate of drug-likeness (QED) is 0.848. The first-order chi connectivity index (χ1) is 9.91. The fourth-order valence-electron chi connectivity index (χ4n) is 1.69. The first-order valence-electron chi connectivity index (χ1n) is 6.12. The molecule has 0 saturated heterocycles. The molecule has 1 N–H and O–H groups in total. The molecule has 0 aliphatic rings. The Labute approximate surface area is 127 Å². The number of aromatic nitrogens is 2. The molecular formula is C12H16N4O3S2. The van der Waals surface area contributed by atoms with Crippen molar-refractivity contribution >= 4 is 27.3 Å². The van der Waals surface area contributed by atoms with Crippen LogP contribution < -0.4 is 0 Å². The topological polar surface area (TPSA) is 86.4 Å². The van der Waals surface area contributed by atoms with Gasteiger partial charge in [-0.3, -0.25) is 9.89 Å². The van der Waals surface area contributed by atoms with Crippen molar-refractivity contribution in [2.45, 2.75) is 10.8 Å². The van der Waals surface area contributed by atoms with Gasteiger partial charge in [0.15, 0.2) is 0 Å². The van der Waals surface area contributed by atoms with E-state index < -0.39 is 10.0 Å². The van der Waals surface area contributed by atoms with E-state index in [0.717, 1.165) is 21.2 Å². The molecule has 0 aliphatic carbocycles. The summed E-state index contributed by atoms with van der Waals surface area (Å²) >= 11 is 1.13. The van der Waals surface area contributed by atoms with Crippen LogP contribution in [0.2, 0.25) is 0 Å². The Morgan fingerprint density at radius 2 is 2.19 bits per heavy atom. The molecule has 2 aromatic rings. The number of amides is 1. The van der Waals surface area contributed by atoms with Gasteiger partial charge in [-0.1, -0.05) is 6.07 Å². The number of carbonyl (C=O) groups is 1. The van der Waals surface area contributed by atoms with Gasteiger partial charge in [0.25, 0.3) is 10.0 Å². The standard InChI is InChI=1S/C12H16N4O3S2/c1-15(8-10-6-13-14-7-10)11(17)9-16(2)21(18,19)12-4-3-5-20-12/h3-7H,8-9H2,1-2H3,(H,13,14). The Morgan fingerprint density at radius 3 is 2.76 bits per heavy atom. The molecule has 0 saturated carbocycles. The highest BCUT2D eigenvalue weighted by atomic mass is 32.2. The van der Waals surface area contributed by atoms with Crippen molar-refractivity contribution in [2.75, 3.05) is 20.6 Å². The molecule has 0 aliphatic heterocycles. The highest BCUT2D eigenvalue weighted by Crippen LogP contribution is 2.19. The molecule has 7 nitrogen and oxygen atoms in total. The van der Waals surface area contributed by atoms with Gasteiger partial charge in [0.2, 0.25) is 5.91 Å². The zero-order valence-electron chi connectivity index (χ0n) is 11.7. The molecule has 0 atom stereocenters. The van der Waals surface area contributed by atoms with E-state index >= 15 is 0 Å². The van der Waals surface area contributed by atoms with Gasteiger partial charge in [-0.05, 0) is 11.4 Å². The second-order valence-corrected chi connectivity index (χ2v) is 7.77. The first kappa shape index (κ1) is 15.7. The largest absolute Gasteiger partial charge is 0.340 e. The van der Waals surface area contributed by atoms with E-state index in [4.69, 9.17) is 0 Å². The molecule has 9 heteroatoms. The average Bonchev–Trinajstić information content (AvgIpc) is 3.11. The third-order valence-electron chi connectivity index (χ3n) is 2.92. The summed E-state index contributed by atoms with van der Waals surface area (Å²) in [5.74, 6) is -0.279. The maximum Gasteiger partial charge on any atom is 0.252 e. The summed E-state index contributed by atoms with van der Waals surface area (Å²) < 4.78 is 25.7. The number of nitrogens with zero attached hydrogens (tertiary/aromatic N) is 3. The van der Waals surface area contributed by atoms with Crippen LogP contribution in [0.25, 0.3) is 0 Å². The molecule has 114 valence electrons. The zero-order valence-corrected chi connectivity index (χ0v) is 13.3. The van der Waals surface area contributed by atoms with Gasteiger partial charge in [0, 0.05) is 32.4 Å². The Hall–Kier alpha value is -1.71. The van der Waals surface area contributed by atoms with Crippen molar-refractivity contribution in [1.29, 1.82) is 0 Å². The number of carbonyl (C=O) groups excluding carboxylic acids is 1. The van der Waals surface area contributed by atoms with Crippen molar-refractivity contribution in [3.8, 4) is 0 Å². The summed E-state index contributed by atoms with van der Waals surface area (Å²) in [5.41, 5.74) is 0.856. The predicted molar refractivity (Wildman–Crippen MR) is 79.2 cm³/mol. The van der Waals surface area contributed by atoms with Crippen molar-refractivity contribution in [1.82, 2.24) is 19.4 Å². The summed E-state index contributed by atoms with van der Waals surface area (Å²) in [6.07, 6.45) is 3.31. The first-order valence-corrected chi connectivity index (χ1v) is 8.44. The number of sulfonamides is 1. The number of H-pyrrole nitrogens is 1. The number of thiophene rings is 1. The van der Waals surface area contributed by atoms with Gasteiger partial charge < -0.3 is 4.90 Å². The zero-order chi connectivity index (χ0) is 15.5. The van der Waals surface area contributed by atoms with Crippen molar-refractivity contribution in [3.63, 3.8) is 0 Å². The second kappa shape index (κ2) is 6.37. The fourth-order valence-corrected chi connectivity index (χ4v) is 4.01. The predicted octanol–water partition coefficient (Wildman–Crippen LogP) is 0.750. The number of rotatable bonds is 6. The van der Waals surface area contributed by atoms with Crippen LogP contribution in [0.4, 0.5) is 0 Å². The summed E-state index contributed by atoms with van der Waals surface area (Å²) in [5, 5.41) is 8.15.